The third-order valence-corrected chi connectivity index (χ3v) is 5.73. The predicted octanol–water partition coefficient (Wildman–Crippen LogP) is 4.81. The molecule has 2 heterocycles. The molecule has 4 rings (SSSR count). The molecular weight excluding hydrogens is 360 g/mol. The van der Waals surface area contributed by atoms with Crippen molar-refractivity contribution in [1.29, 1.82) is 0 Å². The number of carbonyl (C=O) groups excluding carboxylic acids is 1. The highest BCUT2D eigenvalue weighted by Gasteiger charge is 2.24. The number of rotatable bonds is 5. The number of anilines is 1. The third kappa shape index (κ3) is 4.34. The van der Waals surface area contributed by atoms with Crippen molar-refractivity contribution >= 4 is 11.6 Å². The minimum Gasteiger partial charge on any atom is -0.381 e. The summed E-state index contributed by atoms with van der Waals surface area (Å²) < 4.78 is 1.85. The Labute approximate surface area is 172 Å². The summed E-state index contributed by atoms with van der Waals surface area (Å²) in [7, 11) is 0. The molecule has 0 aliphatic carbocycles. The predicted molar refractivity (Wildman–Crippen MR) is 116 cm³/mol. The van der Waals surface area contributed by atoms with Gasteiger partial charge < -0.3 is 10.2 Å². The molecule has 0 spiro atoms. The molecular formula is C24H28N4O. The van der Waals surface area contributed by atoms with Crippen molar-refractivity contribution in [3.8, 4) is 5.69 Å². The Balaban J connectivity index is 1.40. The monoisotopic (exact) mass is 388 g/mol. The first kappa shape index (κ1) is 19.2. The zero-order valence-electron chi connectivity index (χ0n) is 17.1. The highest BCUT2D eigenvalue weighted by Crippen LogP contribution is 2.23. The van der Waals surface area contributed by atoms with Crippen molar-refractivity contribution in [2.24, 2.45) is 0 Å². The minimum absolute atomic E-state index is 0.154. The Hall–Kier alpha value is -3.08. The molecule has 0 saturated carbocycles. The fourth-order valence-electron chi connectivity index (χ4n) is 3.95. The van der Waals surface area contributed by atoms with Gasteiger partial charge in [0.15, 0.2) is 0 Å². The number of aryl methyl sites for hydroxylation is 1. The quantitative estimate of drug-likeness (QED) is 0.682. The molecule has 1 aromatic heterocycles. The van der Waals surface area contributed by atoms with Crippen molar-refractivity contribution in [3.05, 3.63) is 77.6 Å². The van der Waals surface area contributed by atoms with Crippen molar-refractivity contribution in [3.63, 3.8) is 0 Å². The molecule has 3 aromatic rings. The van der Waals surface area contributed by atoms with E-state index in [1.165, 1.54) is 12.0 Å². The maximum atomic E-state index is 12.9. The molecule has 2 aromatic carbocycles. The van der Waals surface area contributed by atoms with Crippen LogP contribution in [-0.2, 0) is 6.54 Å². The van der Waals surface area contributed by atoms with Gasteiger partial charge in [0.25, 0.3) is 5.91 Å². The smallest absolute Gasteiger partial charge is 0.254 e. The fourth-order valence-corrected chi connectivity index (χ4v) is 3.95. The second kappa shape index (κ2) is 8.52. The van der Waals surface area contributed by atoms with Gasteiger partial charge in [-0.3, -0.25) is 4.79 Å². The standard InChI is InChI=1S/C24H28N4O/c1-18-16-21(24(29)27-14-4-3-6-19(27)2)9-12-23(18)25-17-20-7-10-22(11-8-20)28-15-5-13-26-28/h5,7-13,15-16,19,25H,3-4,6,14,17H2,1-2H3. The van der Waals surface area contributed by atoms with E-state index >= 15 is 0 Å². The van der Waals surface area contributed by atoms with Gasteiger partial charge in [-0.05, 0) is 80.6 Å². The lowest BCUT2D eigenvalue weighted by molar-refractivity contribution is 0.0635. The Morgan fingerprint density at radius 1 is 1.17 bits per heavy atom. The van der Waals surface area contributed by atoms with Crippen LogP contribution in [-0.4, -0.2) is 33.2 Å². The SMILES string of the molecule is Cc1cc(C(=O)N2CCCCC2C)ccc1NCc1ccc(-n2cccn2)cc1. The Bertz CT molecular complexity index is 963. The number of nitrogens with zero attached hydrogens (tertiary/aromatic N) is 3. The Kier molecular flexibility index (Phi) is 5.65. The average molecular weight is 389 g/mol. The first-order valence-electron chi connectivity index (χ1n) is 10.4. The molecule has 150 valence electrons. The van der Waals surface area contributed by atoms with E-state index < -0.39 is 0 Å². The summed E-state index contributed by atoms with van der Waals surface area (Å²) in [5.41, 5.74) is 5.18. The molecule has 1 unspecified atom stereocenters. The van der Waals surface area contributed by atoms with Gasteiger partial charge in [-0.15, -0.1) is 0 Å². The van der Waals surface area contributed by atoms with Crippen LogP contribution in [0.1, 0.15) is 47.7 Å². The van der Waals surface area contributed by atoms with Gasteiger partial charge in [-0.1, -0.05) is 12.1 Å². The number of nitrogens with one attached hydrogen (secondary N) is 1. The normalized spacial score (nSPS) is 16.6. The summed E-state index contributed by atoms with van der Waals surface area (Å²) >= 11 is 0. The molecule has 5 nitrogen and oxygen atoms in total. The number of carbonyl (C=O) groups is 1. The number of hydrogen-bond acceptors (Lipinski definition) is 3. The molecule has 1 aliphatic heterocycles. The topological polar surface area (TPSA) is 50.2 Å². The molecule has 5 heteroatoms. The number of piperidine rings is 1. The first-order chi connectivity index (χ1) is 14.1. The van der Waals surface area contributed by atoms with Gasteiger partial charge in [-0.2, -0.15) is 5.10 Å². The minimum atomic E-state index is 0.154. The lowest BCUT2D eigenvalue weighted by Gasteiger charge is -2.33. The van der Waals surface area contributed by atoms with Crippen LogP contribution in [0.3, 0.4) is 0 Å². The van der Waals surface area contributed by atoms with Gasteiger partial charge >= 0.3 is 0 Å². The van der Waals surface area contributed by atoms with Crippen LogP contribution < -0.4 is 5.32 Å². The average Bonchev–Trinajstić information content (AvgIpc) is 3.28. The van der Waals surface area contributed by atoms with Crippen LogP contribution in [0.15, 0.2) is 60.9 Å². The number of hydrogen-bond donors (Lipinski definition) is 1. The van der Waals surface area contributed by atoms with Crippen molar-refractivity contribution in [1.82, 2.24) is 14.7 Å². The van der Waals surface area contributed by atoms with E-state index in [1.54, 1.807) is 6.20 Å². The van der Waals surface area contributed by atoms with Crippen molar-refractivity contribution in [2.75, 3.05) is 11.9 Å². The van der Waals surface area contributed by atoms with Crippen molar-refractivity contribution in [2.45, 2.75) is 45.7 Å². The molecule has 1 saturated heterocycles. The van der Waals surface area contributed by atoms with Crippen LogP contribution >= 0.6 is 0 Å². The summed E-state index contributed by atoms with van der Waals surface area (Å²) in [6.07, 6.45) is 7.13. The van der Waals surface area contributed by atoms with Crippen LogP contribution in [0.5, 0.6) is 0 Å². The van der Waals surface area contributed by atoms with Gasteiger partial charge in [0.1, 0.15) is 0 Å². The molecule has 1 atom stereocenters. The second-order valence-corrected chi connectivity index (χ2v) is 7.84. The van der Waals surface area contributed by atoms with E-state index in [9.17, 15) is 4.79 Å². The van der Waals surface area contributed by atoms with Crippen LogP contribution in [0, 0.1) is 6.92 Å². The van der Waals surface area contributed by atoms with Gasteiger partial charge in [-0.25, -0.2) is 4.68 Å². The van der Waals surface area contributed by atoms with E-state index in [2.05, 4.69) is 48.5 Å². The van der Waals surface area contributed by atoms with E-state index in [4.69, 9.17) is 0 Å². The largest absolute Gasteiger partial charge is 0.381 e. The highest BCUT2D eigenvalue weighted by atomic mass is 16.2. The number of aromatic nitrogens is 2. The summed E-state index contributed by atoms with van der Waals surface area (Å²) in [4.78, 5) is 14.9. The number of benzene rings is 2. The van der Waals surface area contributed by atoms with Crippen LogP contribution in [0.4, 0.5) is 5.69 Å². The summed E-state index contributed by atoms with van der Waals surface area (Å²) in [6, 6.07) is 16.6. The molecule has 0 radical (unpaired) electrons. The zero-order chi connectivity index (χ0) is 20.2. The Morgan fingerprint density at radius 2 is 2.00 bits per heavy atom. The lowest BCUT2D eigenvalue weighted by atomic mass is 10.0. The number of amides is 1. The summed E-state index contributed by atoms with van der Waals surface area (Å²) in [5.74, 6) is 0.154. The first-order valence-corrected chi connectivity index (χ1v) is 10.4. The van der Waals surface area contributed by atoms with E-state index in [0.717, 1.165) is 48.4 Å². The maximum Gasteiger partial charge on any atom is 0.254 e. The zero-order valence-corrected chi connectivity index (χ0v) is 17.1. The van der Waals surface area contributed by atoms with E-state index in [-0.39, 0.29) is 5.91 Å². The van der Waals surface area contributed by atoms with Gasteiger partial charge in [0, 0.05) is 42.8 Å². The maximum absolute atomic E-state index is 12.9. The molecule has 1 aliphatic rings. The molecule has 1 fully saturated rings. The van der Waals surface area contributed by atoms with E-state index in [1.807, 2.05) is 40.0 Å². The van der Waals surface area contributed by atoms with Gasteiger partial charge in [0.2, 0.25) is 0 Å². The van der Waals surface area contributed by atoms with Crippen LogP contribution in [0.2, 0.25) is 0 Å². The molecule has 1 amide bonds. The number of likely N-dealkylation sites (tertiary alicyclic amines) is 1. The Morgan fingerprint density at radius 3 is 2.69 bits per heavy atom. The van der Waals surface area contributed by atoms with E-state index in [0.29, 0.717) is 6.04 Å². The fraction of sp³-hybridized carbons (Fsp3) is 0.333. The summed E-state index contributed by atoms with van der Waals surface area (Å²) in [5, 5.41) is 7.74. The molecule has 1 N–H and O–H groups in total. The molecule has 0 bridgehead atoms. The lowest BCUT2D eigenvalue weighted by Crippen LogP contribution is -2.42. The van der Waals surface area contributed by atoms with Crippen LogP contribution in [0.25, 0.3) is 5.69 Å². The summed E-state index contributed by atoms with van der Waals surface area (Å²) in [6.45, 7) is 5.81. The van der Waals surface area contributed by atoms with Gasteiger partial charge in [0.05, 0.1) is 5.69 Å². The van der Waals surface area contributed by atoms with Crippen molar-refractivity contribution < 1.29 is 4.79 Å². The molecule has 29 heavy (non-hydrogen) atoms. The highest BCUT2D eigenvalue weighted by molar-refractivity contribution is 5.95. The third-order valence-electron chi connectivity index (χ3n) is 5.73. The second-order valence-electron chi connectivity index (χ2n) is 7.84.